The van der Waals surface area contributed by atoms with Crippen molar-refractivity contribution in [2.75, 3.05) is 0 Å². The van der Waals surface area contributed by atoms with Crippen molar-refractivity contribution in [1.29, 1.82) is 0 Å². The molecule has 3 N–H and O–H groups in total. The summed E-state index contributed by atoms with van der Waals surface area (Å²) in [6.07, 6.45) is 13.4. The van der Waals surface area contributed by atoms with Gasteiger partial charge in [-0.3, -0.25) is 0 Å². The van der Waals surface area contributed by atoms with Crippen molar-refractivity contribution in [3.63, 3.8) is 0 Å². The highest BCUT2D eigenvalue weighted by molar-refractivity contribution is 5.39. The van der Waals surface area contributed by atoms with Crippen molar-refractivity contribution in [2.24, 2.45) is 29.1 Å². The standard InChI is InChI=1S/C28H46O3/c1-18(9-7-15-27(4,5)31)23-13-14-24-21(10-8-16-28(23,24)6)11-12-22-17-25(29)20(3)26(30)19(22)2/h11-12,18,20,23-26,29-31H,2,7-10,13-17H2,1,3-6H3/b21-11+,22-12+/t18-,20-,23?,24?,25+,26-,28?/m1/s1. The van der Waals surface area contributed by atoms with Crippen LogP contribution in [-0.2, 0) is 0 Å². The summed E-state index contributed by atoms with van der Waals surface area (Å²) in [7, 11) is 0. The Morgan fingerprint density at radius 1 is 1.23 bits per heavy atom. The van der Waals surface area contributed by atoms with Crippen LogP contribution in [0.5, 0.6) is 0 Å². The van der Waals surface area contributed by atoms with Gasteiger partial charge < -0.3 is 15.3 Å². The molecule has 3 unspecified atom stereocenters. The number of fused-ring (bicyclic) bond motifs is 1. The zero-order valence-corrected chi connectivity index (χ0v) is 20.5. The molecule has 0 bridgehead atoms. The zero-order valence-electron chi connectivity index (χ0n) is 20.5. The monoisotopic (exact) mass is 430 g/mol. The smallest absolute Gasteiger partial charge is 0.0837 e. The fourth-order valence-electron chi connectivity index (χ4n) is 6.91. The molecule has 7 atom stereocenters. The van der Waals surface area contributed by atoms with Crippen molar-refractivity contribution >= 4 is 0 Å². The fraction of sp³-hybridized carbons (Fsp3) is 0.786. The highest BCUT2D eigenvalue weighted by Gasteiger charge is 2.50. The first-order valence-corrected chi connectivity index (χ1v) is 12.6. The molecule has 31 heavy (non-hydrogen) atoms. The number of aliphatic hydroxyl groups is 3. The Hall–Kier alpha value is -0.900. The number of allylic oxidation sites excluding steroid dienone is 3. The first-order valence-electron chi connectivity index (χ1n) is 12.6. The van der Waals surface area contributed by atoms with Gasteiger partial charge in [0.05, 0.1) is 17.8 Å². The molecule has 0 spiro atoms. The van der Waals surface area contributed by atoms with E-state index in [4.69, 9.17) is 0 Å². The van der Waals surface area contributed by atoms with E-state index in [0.717, 1.165) is 36.3 Å². The molecule has 0 aromatic heterocycles. The van der Waals surface area contributed by atoms with Crippen LogP contribution < -0.4 is 0 Å². The lowest BCUT2D eigenvalue weighted by Crippen LogP contribution is -2.36. The molecule has 0 heterocycles. The summed E-state index contributed by atoms with van der Waals surface area (Å²) in [5.74, 6) is 1.94. The van der Waals surface area contributed by atoms with Crippen LogP contribution in [0.15, 0.2) is 35.5 Å². The molecule has 0 aromatic carbocycles. The van der Waals surface area contributed by atoms with Gasteiger partial charge in [0.2, 0.25) is 0 Å². The lowest BCUT2D eigenvalue weighted by molar-refractivity contribution is 0.0283. The predicted octanol–water partition coefficient (Wildman–Crippen LogP) is 5.95. The van der Waals surface area contributed by atoms with Gasteiger partial charge >= 0.3 is 0 Å². The summed E-state index contributed by atoms with van der Waals surface area (Å²) in [6, 6.07) is 0. The zero-order chi connectivity index (χ0) is 23.0. The molecular weight excluding hydrogens is 384 g/mol. The maximum Gasteiger partial charge on any atom is 0.0837 e. The van der Waals surface area contributed by atoms with E-state index in [0.29, 0.717) is 23.7 Å². The minimum Gasteiger partial charge on any atom is -0.392 e. The summed E-state index contributed by atoms with van der Waals surface area (Å²) < 4.78 is 0. The molecule has 3 fully saturated rings. The molecule has 3 rings (SSSR count). The molecule has 0 saturated heterocycles. The van der Waals surface area contributed by atoms with E-state index in [1.807, 2.05) is 20.8 Å². The first-order chi connectivity index (χ1) is 14.4. The van der Waals surface area contributed by atoms with Crippen LogP contribution in [0.2, 0.25) is 0 Å². The van der Waals surface area contributed by atoms with Gasteiger partial charge in [-0.1, -0.05) is 57.9 Å². The first kappa shape index (κ1) is 24.7. The van der Waals surface area contributed by atoms with Gasteiger partial charge in [0, 0.05) is 5.92 Å². The van der Waals surface area contributed by atoms with Crippen LogP contribution in [0, 0.1) is 29.1 Å². The summed E-state index contributed by atoms with van der Waals surface area (Å²) in [4.78, 5) is 0. The van der Waals surface area contributed by atoms with Gasteiger partial charge in [-0.25, -0.2) is 0 Å². The number of hydrogen-bond acceptors (Lipinski definition) is 3. The summed E-state index contributed by atoms with van der Waals surface area (Å²) in [5.41, 5.74) is 3.15. The number of rotatable bonds is 6. The quantitative estimate of drug-likeness (QED) is 0.488. The molecule has 0 aromatic rings. The second-order valence-electron chi connectivity index (χ2n) is 11.8. The molecule has 0 amide bonds. The van der Waals surface area contributed by atoms with E-state index >= 15 is 0 Å². The molecule has 176 valence electrons. The number of aliphatic hydroxyl groups excluding tert-OH is 2. The van der Waals surface area contributed by atoms with Gasteiger partial charge in [0.15, 0.2) is 0 Å². The normalized spacial score (nSPS) is 40.4. The molecule has 3 saturated carbocycles. The Morgan fingerprint density at radius 2 is 1.94 bits per heavy atom. The summed E-state index contributed by atoms with van der Waals surface area (Å²) in [5, 5.41) is 30.7. The van der Waals surface area contributed by atoms with Crippen molar-refractivity contribution in [2.45, 2.75) is 110 Å². The van der Waals surface area contributed by atoms with Gasteiger partial charge in [-0.15, -0.1) is 0 Å². The van der Waals surface area contributed by atoms with Gasteiger partial charge in [0.1, 0.15) is 0 Å². The molecule has 3 aliphatic rings. The van der Waals surface area contributed by atoms with E-state index < -0.39 is 17.8 Å². The second kappa shape index (κ2) is 9.53. The van der Waals surface area contributed by atoms with E-state index in [1.165, 1.54) is 32.1 Å². The van der Waals surface area contributed by atoms with Crippen molar-refractivity contribution in [3.05, 3.63) is 35.5 Å². The maximum atomic E-state index is 10.4. The lowest BCUT2D eigenvalue weighted by Gasteiger charge is -2.44. The minimum absolute atomic E-state index is 0.149. The number of hydrogen-bond donors (Lipinski definition) is 3. The van der Waals surface area contributed by atoms with Crippen LogP contribution in [0.4, 0.5) is 0 Å². The van der Waals surface area contributed by atoms with Crippen molar-refractivity contribution in [1.82, 2.24) is 0 Å². The largest absolute Gasteiger partial charge is 0.392 e. The van der Waals surface area contributed by atoms with Gasteiger partial charge in [-0.2, -0.15) is 0 Å². The van der Waals surface area contributed by atoms with Crippen LogP contribution in [0.25, 0.3) is 0 Å². The highest BCUT2D eigenvalue weighted by Crippen LogP contribution is 2.60. The maximum absolute atomic E-state index is 10.4. The Kier molecular flexibility index (Phi) is 7.61. The average molecular weight is 431 g/mol. The Bertz CT molecular complexity index is 712. The van der Waals surface area contributed by atoms with Crippen LogP contribution in [-0.4, -0.2) is 33.1 Å². The summed E-state index contributed by atoms with van der Waals surface area (Å²) in [6.45, 7) is 14.8. The Morgan fingerprint density at radius 3 is 2.61 bits per heavy atom. The van der Waals surface area contributed by atoms with Crippen LogP contribution in [0.1, 0.15) is 92.4 Å². The minimum atomic E-state index is -0.648. The molecule has 3 aliphatic carbocycles. The second-order valence-corrected chi connectivity index (χ2v) is 11.8. The van der Waals surface area contributed by atoms with Crippen molar-refractivity contribution in [3.8, 4) is 0 Å². The van der Waals surface area contributed by atoms with Crippen LogP contribution in [0.3, 0.4) is 0 Å². The summed E-state index contributed by atoms with van der Waals surface area (Å²) >= 11 is 0. The third-order valence-electron chi connectivity index (χ3n) is 8.97. The van der Waals surface area contributed by atoms with E-state index in [9.17, 15) is 15.3 Å². The van der Waals surface area contributed by atoms with Gasteiger partial charge in [0.25, 0.3) is 0 Å². The fourth-order valence-corrected chi connectivity index (χ4v) is 6.91. The highest BCUT2D eigenvalue weighted by atomic mass is 16.3. The lowest BCUT2D eigenvalue weighted by atomic mass is 9.60. The predicted molar refractivity (Wildman–Crippen MR) is 129 cm³/mol. The third-order valence-corrected chi connectivity index (χ3v) is 8.97. The van der Waals surface area contributed by atoms with E-state index in [2.05, 4.69) is 32.6 Å². The topological polar surface area (TPSA) is 60.7 Å². The van der Waals surface area contributed by atoms with E-state index in [-0.39, 0.29) is 5.92 Å². The molecule has 0 radical (unpaired) electrons. The molecule has 3 heteroatoms. The Balaban J connectivity index is 1.71. The molecular formula is C28H46O3. The molecule has 0 aliphatic heterocycles. The SMILES string of the molecule is C=C1/C(=C/C=C2\CCCC3(C)C2CCC3[C@H](C)CCCC(C)(C)O)C[C@H](O)[C@@H](C)[C@@H]1O. The van der Waals surface area contributed by atoms with E-state index in [1.54, 1.807) is 5.57 Å². The Labute approximate surface area is 190 Å². The van der Waals surface area contributed by atoms with Gasteiger partial charge in [-0.05, 0) is 93.1 Å². The van der Waals surface area contributed by atoms with Crippen LogP contribution >= 0.6 is 0 Å². The molecule has 3 nitrogen and oxygen atoms in total. The average Bonchev–Trinajstić information content (AvgIpc) is 3.04. The van der Waals surface area contributed by atoms with Crippen molar-refractivity contribution < 1.29 is 15.3 Å². The third kappa shape index (κ3) is 5.37.